The first kappa shape index (κ1) is 13.1. The quantitative estimate of drug-likeness (QED) is 0.572. The first-order valence-corrected chi connectivity index (χ1v) is 3.88. The normalized spacial score (nSPS) is 9.36. The predicted molar refractivity (Wildman–Crippen MR) is 42.9 cm³/mol. The van der Waals surface area contributed by atoms with Gasteiger partial charge in [0.25, 0.3) is 0 Å². The fraction of sp³-hybridized carbons (Fsp3) is 0.875. The van der Waals surface area contributed by atoms with Gasteiger partial charge >= 0.3 is 0 Å². The van der Waals surface area contributed by atoms with Gasteiger partial charge < -0.3 is 15.2 Å². The summed E-state index contributed by atoms with van der Waals surface area (Å²) in [6, 6.07) is 1.50. The highest BCUT2D eigenvalue weighted by atomic mass is 16.4. The zero-order chi connectivity index (χ0) is 9.44. The van der Waals surface area contributed by atoms with Crippen LogP contribution < -0.4 is 10.4 Å². The largest absolute Gasteiger partial charge is 0.550 e. The van der Waals surface area contributed by atoms with Crippen molar-refractivity contribution in [2.45, 2.75) is 46.7 Å². The van der Waals surface area contributed by atoms with E-state index < -0.39 is 5.97 Å². The molecule has 0 unspecified atom stereocenters. The van der Waals surface area contributed by atoms with Crippen molar-refractivity contribution < 1.29 is 15.2 Å². The fourth-order valence-corrected chi connectivity index (χ4v) is 0.770. The third-order valence-corrected chi connectivity index (χ3v) is 0.770. The number of carbonyl (C=O) groups is 1. The molecule has 0 amide bonds. The Labute approximate surface area is 68.8 Å². The van der Waals surface area contributed by atoms with Crippen molar-refractivity contribution in [1.82, 2.24) is 0 Å². The van der Waals surface area contributed by atoms with Gasteiger partial charge in [-0.3, -0.25) is 0 Å². The molecule has 0 aliphatic heterocycles. The zero-order valence-electron chi connectivity index (χ0n) is 8.05. The van der Waals surface area contributed by atoms with Gasteiger partial charge in [0.1, 0.15) is 0 Å². The lowest BCUT2D eigenvalue weighted by atomic mass is 10.3. The Kier molecular flexibility index (Phi) is 8.94. The van der Waals surface area contributed by atoms with Gasteiger partial charge in [-0.1, -0.05) is 0 Å². The third-order valence-electron chi connectivity index (χ3n) is 0.770. The van der Waals surface area contributed by atoms with E-state index in [4.69, 9.17) is 9.90 Å². The molecule has 0 aliphatic rings. The predicted octanol–water partition coefficient (Wildman–Crippen LogP) is -0.877. The van der Waals surface area contributed by atoms with Crippen LogP contribution in [0.5, 0.6) is 0 Å². The van der Waals surface area contributed by atoms with Gasteiger partial charge in [0, 0.05) is 5.97 Å². The molecule has 68 valence electrons. The summed E-state index contributed by atoms with van der Waals surface area (Å²) in [5.74, 6) is -1.08. The van der Waals surface area contributed by atoms with E-state index in [0.29, 0.717) is 0 Å². The van der Waals surface area contributed by atoms with Crippen molar-refractivity contribution in [2.24, 2.45) is 0 Å². The van der Waals surface area contributed by atoms with Crippen molar-refractivity contribution in [1.29, 1.82) is 0 Å². The molecule has 0 fully saturated rings. The second-order valence-corrected chi connectivity index (χ2v) is 3.17. The molecule has 0 saturated heterocycles. The van der Waals surface area contributed by atoms with E-state index in [1.807, 2.05) is 0 Å². The van der Waals surface area contributed by atoms with Crippen LogP contribution in [0.15, 0.2) is 0 Å². The number of hydrogen-bond donors (Lipinski definition) is 1. The van der Waals surface area contributed by atoms with Crippen LogP contribution in [-0.2, 0) is 4.79 Å². The highest BCUT2D eigenvalue weighted by molar-refractivity contribution is 5.60. The lowest BCUT2D eigenvalue weighted by Crippen LogP contribution is -2.92. The van der Waals surface area contributed by atoms with E-state index in [1.54, 1.807) is 0 Å². The van der Waals surface area contributed by atoms with Crippen LogP contribution in [0.2, 0.25) is 0 Å². The van der Waals surface area contributed by atoms with Crippen molar-refractivity contribution in [3.8, 4) is 0 Å². The number of carbonyl (C=O) groups excluding carboxylic acids is 1. The molecule has 0 aromatic rings. The summed E-state index contributed by atoms with van der Waals surface area (Å²) in [5.41, 5.74) is 0. The van der Waals surface area contributed by atoms with E-state index in [2.05, 4.69) is 33.0 Å². The Hall–Kier alpha value is -0.570. The highest BCUT2D eigenvalue weighted by Crippen LogP contribution is 1.67. The molecule has 3 heteroatoms. The van der Waals surface area contributed by atoms with Crippen LogP contribution in [0.1, 0.15) is 34.6 Å². The lowest BCUT2D eigenvalue weighted by Gasteiger charge is -2.06. The molecule has 0 heterocycles. The van der Waals surface area contributed by atoms with E-state index in [-0.39, 0.29) is 0 Å². The number of nitrogens with two attached hydrogens (primary N) is 1. The highest BCUT2D eigenvalue weighted by Gasteiger charge is 1.96. The van der Waals surface area contributed by atoms with Crippen molar-refractivity contribution >= 4 is 5.97 Å². The summed E-state index contributed by atoms with van der Waals surface area (Å²) in [7, 11) is 0. The molecule has 0 rings (SSSR count). The Balaban J connectivity index is 0. The Morgan fingerprint density at radius 1 is 1.18 bits per heavy atom. The van der Waals surface area contributed by atoms with Crippen LogP contribution >= 0.6 is 0 Å². The van der Waals surface area contributed by atoms with Crippen LogP contribution in [0, 0.1) is 0 Å². The minimum Gasteiger partial charge on any atom is -0.550 e. The average Bonchev–Trinajstić information content (AvgIpc) is 1.56. The Bertz CT molecular complexity index is 90.3. The SMILES string of the molecule is CC(=O)[O-].CC(C)[NH2+]C(C)C. The first-order valence-electron chi connectivity index (χ1n) is 3.88. The lowest BCUT2D eigenvalue weighted by molar-refractivity contribution is -0.709. The smallest absolute Gasteiger partial charge is 0.0803 e. The van der Waals surface area contributed by atoms with Gasteiger partial charge in [-0.05, 0) is 34.6 Å². The number of carboxylic acid groups (broad SMARTS) is 1. The van der Waals surface area contributed by atoms with Crippen LogP contribution in [0.3, 0.4) is 0 Å². The van der Waals surface area contributed by atoms with E-state index >= 15 is 0 Å². The maximum Gasteiger partial charge on any atom is 0.0803 e. The molecule has 0 radical (unpaired) electrons. The summed E-state index contributed by atoms with van der Waals surface area (Å²) >= 11 is 0. The topological polar surface area (TPSA) is 56.7 Å². The minimum absolute atomic E-state index is 0.750. The zero-order valence-corrected chi connectivity index (χ0v) is 8.05. The van der Waals surface area contributed by atoms with Gasteiger partial charge in [-0.15, -0.1) is 0 Å². The van der Waals surface area contributed by atoms with E-state index in [0.717, 1.165) is 19.0 Å². The van der Waals surface area contributed by atoms with Crippen molar-refractivity contribution in [3.63, 3.8) is 0 Å². The second kappa shape index (κ2) is 7.54. The summed E-state index contributed by atoms with van der Waals surface area (Å²) < 4.78 is 0. The molecule has 0 aromatic carbocycles. The molecule has 0 aromatic heterocycles. The Morgan fingerprint density at radius 2 is 1.36 bits per heavy atom. The fourth-order valence-electron chi connectivity index (χ4n) is 0.770. The third kappa shape index (κ3) is 44.2. The monoisotopic (exact) mass is 161 g/mol. The van der Waals surface area contributed by atoms with Crippen molar-refractivity contribution in [3.05, 3.63) is 0 Å². The van der Waals surface area contributed by atoms with Crippen molar-refractivity contribution in [2.75, 3.05) is 0 Å². The number of quaternary nitrogens is 1. The van der Waals surface area contributed by atoms with Gasteiger partial charge in [-0.25, -0.2) is 0 Å². The maximum atomic E-state index is 8.89. The molecular formula is C8H19NO2. The number of hydrogen-bond acceptors (Lipinski definition) is 2. The summed E-state index contributed by atoms with van der Waals surface area (Å²) in [4.78, 5) is 8.89. The van der Waals surface area contributed by atoms with Gasteiger partial charge in [0.15, 0.2) is 0 Å². The van der Waals surface area contributed by atoms with Crippen LogP contribution in [0.25, 0.3) is 0 Å². The number of aliphatic carboxylic acids is 1. The van der Waals surface area contributed by atoms with Gasteiger partial charge in [0.05, 0.1) is 12.1 Å². The van der Waals surface area contributed by atoms with Gasteiger partial charge in [-0.2, -0.15) is 0 Å². The van der Waals surface area contributed by atoms with Crippen LogP contribution in [-0.4, -0.2) is 18.1 Å². The molecule has 0 spiro atoms. The van der Waals surface area contributed by atoms with E-state index in [1.165, 1.54) is 0 Å². The molecule has 2 N–H and O–H groups in total. The van der Waals surface area contributed by atoms with E-state index in [9.17, 15) is 0 Å². The van der Waals surface area contributed by atoms with Gasteiger partial charge in [0.2, 0.25) is 0 Å². The average molecular weight is 161 g/mol. The molecule has 0 bridgehead atoms. The molecule has 0 atom stereocenters. The second-order valence-electron chi connectivity index (χ2n) is 3.17. The summed E-state index contributed by atoms with van der Waals surface area (Å²) in [5, 5.41) is 11.2. The number of carboxylic acids is 1. The van der Waals surface area contributed by atoms with Crippen LogP contribution in [0.4, 0.5) is 0 Å². The summed E-state index contributed by atoms with van der Waals surface area (Å²) in [6.45, 7) is 9.81. The number of rotatable bonds is 2. The standard InChI is InChI=1S/C6H15N.C2H4O2/c1-5(2)7-6(3)4;1-2(3)4/h5-7H,1-4H3;1H3,(H,3,4). The first-order chi connectivity index (χ1) is 4.86. The molecular weight excluding hydrogens is 142 g/mol. The Morgan fingerprint density at radius 3 is 1.36 bits per heavy atom. The summed E-state index contributed by atoms with van der Waals surface area (Å²) in [6.07, 6.45) is 0. The molecule has 11 heavy (non-hydrogen) atoms. The molecule has 0 saturated carbocycles. The maximum absolute atomic E-state index is 8.89. The molecule has 0 aliphatic carbocycles. The molecule has 3 nitrogen and oxygen atoms in total. The minimum atomic E-state index is -1.08.